The van der Waals surface area contributed by atoms with Crippen molar-refractivity contribution in [3.8, 4) is 11.1 Å². The number of nitrogens with two attached hydrogens (primary N) is 2. The van der Waals surface area contributed by atoms with Crippen molar-refractivity contribution in [3.05, 3.63) is 64.8 Å². The predicted molar refractivity (Wildman–Crippen MR) is 159 cm³/mol. The maximum Gasteiger partial charge on any atom is 0.216 e. The molecule has 0 bridgehead atoms. The third-order valence-corrected chi connectivity index (χ3v) is 10.6. The van der Waals surface area contributed by atoms with Gasteiger partial charge in [0.25, 0.3) is 0 Å². The summed E-state index contributed by atoms with van der Waals surface area (Å²) in [6.07, 6.45) is 5.32. The van der Waals surface area contributed by atoms with Crippen LogP contribution >= 0.6 is 23.6 Å². The Hall–Kier alpha value is -2.86. The highest BCUT2D eigenvalue weighted by Crippen LogP contribution is 2.37. The van der Waals surface area contributed by atoms with Gasteiger partial charge in [-0.1, -0.05) is 53.9 Å². The molecule has 0 aliphatic carbocycles. The van der Waals surface area contributed by atoms with Gasteiger partial charge in [-0.25, -0.2) is 12.7 Å². The number of nitrogens with zero attached hydrogens (tertiary/aromatic N) is 4. The van der Waals surface area contributed by atoms with Crippen LogP contribution in [0.25, 0.3) is 22.0 Å². The molecule has 4 aromatic rings. The highest BCUT2D eigenvalue weighted by Gasteiger charge is 2.31. The molecule has 0 spiro atoms. The third-order valence-electron chi connectivity index (χ3n) is 7.24. The third kappa shape index (κ3) is 5.33. The van der Waals surface area contributed by atoms with E-state index in [1.54, 1.807) is 18.2 Å². The van der Waals surface area contributed by atoms with Gasteiger partial charge in [-0.05, 0) is 56.4 Å². The molecule has 1 aliphatic rings. The van der Waals surface area contributed by atoms with E-state index in [2.05, 4.69) is 45.2 Å². The molecule has 2 aromatic heterocycles. The predicted octanol–water partition coefficient (Wildman–Crippen LogP) is 4.54. The average molecular weight is 569 g/mol. The number of hydrogen-bond acceptors (Lipinski definition) is 7. The summed E-state index contributed by atoms with van der Waals surface area (Å²) >= 11 is 6.65. The monoisotopic (exact) mass is 568 g/mol. The summed E-state index contributed by atoms with van der Waals surface area (Å²) in [5.41, 5.74) is 17.0. The first-order valence-corrected chi connectivity index (χ1v) is 15.5. The number of thiocarbonyl (C=S) groups is 1. The van der Waals surface area contributed by atoms with E-state index in [1.165, 1.54) is 16.9 Å². The van der Waals surface area contributed by atoms with Gasteiger partial charge in [0.15, 0.2) is 0 Å². The zero-order chi connectivity index (χ0) is 27.0. The number of anilines is 1. The number of aromatic nitrogens is 3. The fraction of sp³-hybridized carbons (Fsp3) is 0.370. The van der Waals surface area contributed by atoms with Gasteiger partial charge in [0.1, 0.15) is 10.00 Å². The zero-order valence-corrected chi connectivity index (χ0v) is 24.0. The molecule has 0 saturated carbocycles. The minimum atomic E-state index is -3.26. The maximum absolute atomic E-state index is 12.7. The largest absolute Gasteiger partial charge is 0.389 e. The Labute approximate surface area is 232 Å². The molecule has 1 fully saturated rings. The maximum atomic E-state index is 12.7. The number of aryl methyl sites for hydroxylation is 2. The minimum Gasteiger partial charge on any atom is -0.389 e. The Morgan fingerprint density at radius 3 is 2.55 bits per heavy atom. The van der Waals surface area contributed by atoms with Crippen molar-refractivity contribution in [3.63, 3.8) is 0 Å². The van der Waals surface area contributed by atoms with Crippen LogP contribution in [0.5, 0.6) is 0 Å². The van der Waals surface area contributed by atoms with E-state index in [4.69, 9.17) is 23.7 Å². The highest BCUT2D eigenvalue weighted by molar-refractivity contribution is 7.89. The lowest BCUT2D eigenvalue weighted by atomic mass is 10.0. The van der Waals surface area contributed by atoms with Crippen molar-refractivity contribution in [2.45, 2.75) is 50.8 Å². The molecule has 8 nitrogen and oxygen atoms in total. The second-order valence-electron chi connectivity index (χ2n) is 10.0. The first-order valence-electron chi connectivity index (χ1n) is 12.7. The smallest absolute Gasteiger partial charge is 0.216 e. The summed E-state index contributed by atoms with van der Waals surface area (Å²) in [5, 5.41) is 10.2. The average Bonchev–Trinajstić information content (AvgIpc) is 3.50. The molecule has 0 amide bonds. The van der Waals surface area contributed by atoms with Crippen LogP contribution in [-0.2, 0) is 22.9 Å². The number of piperidine rings is 1. The summed E-state index contributed by atoms with van der Waals surface area (Å²) in [4.78, 5) is 0.369. The molecule has 38 heavy (non-hydrogen) atoms. The fourth-order valence-corrected chi connectivity index (χ4v) is 7.17. The van der Waals surface area contributed by atoms with Crippen LogP contribution in [0.15, 0.2) is 48.7 Å². The molecule has 1 aliphatic heterocycles. The molecule has 3 heterocycles. The van der Waals surface area contributed by atoms with Crippen molar-refractivity contribution < 1.29 is 8.42 Å². The second kappa shape index (κ2) is 10.7. The molecule has 200 valence electrons. The van der Waals surface area contributed by atoms with E-state index >= 15 is 0 Å². The lowest BCUT2D eigenvalue weighted by Crippen LogP contribution is -2.42. The van der Waals surface area contributed by atoms with Crippen molar-refractivity contribution in [1.82, 2.24) is 19.1 Å². The summed E-state index contributed by atoms with van der Waals surface area (Å²) < 4.78 is 29.4. The van der Waals surface area contributed by atoms with Gasteiger partial charge in [-0.15, -0.1) is 10.2 Å². The number of nitrogen functional groups attached to an aromatic ring is 1. The Balaban J connectivity index is 1.51. The number of benzene rings is 2. The van der Waals surface area contributed by atoms with Crippen LogP contribution in [0.4, 0.5) is 5.13 Å². The van der Waals surface area contributed by atoms with Gasteiger partial charge < -0.3 is 16.0 Å². The molecule has 0 atom stereocenters. The molecule has 0 radical (unpaired) electrons. The van der Waals surface area contributed by atoms with Gasteiger partial charge in [0.2, 0.25) is 15.2 Å². The minimum absolute atomic E-state index is 0.196. The lowest BCUT2D eigenvalue weighted by Gasteiger charge is -2.33. The highest BCUT2D eigenvalue weighted by atomic mass is 32.2. The van der Waals surface area contributed by atoms with Crippen LogP contribution in [0.1, 0.15) is 48.9 Å². The van der Waals surface area contributed by atoms with E-state index in [1.807, 2.05) is 18.2 Å². The van der Waals surface area contributed by atoms with Crippen molar-refractivity contribution in [1.29, 1.82) is 0 Å². The van der Waals surface area contributed by atoms with Crippen LogP contribution in [0, 0.1) is 0 Å². The molecule has 11 heteroatoms. The standard InChI is InChI=1S/C27H32N6O2S3/c1-17(2)38(34,35)32-12-10-21(11-13-32)33-16-23(19-4-3-5-20(15-19)26(28)36)22-8-6-18(14-24(22)33)7-9-25-30-31-27(29)37-25/h3-6,8,14-17,21H,7,9-13H2,1-2H3,(H2,28,36)(H2,29,31). The molecular formula is C27H32N6O2S3. The summed E-state index contributed by atoms with van der Waals surface area (Å²) in [6, 6.07) is 14.8. The Kier molecular flexibility index (Phi) is 7.54. The number of hydrogen-bond donors (Lipinski definition) is 2. The van der Waals surface area contributed by atoms with Crippen LogP contribution < -0.4 is 11.5 Å². The number of sulfonamides is 1. The molecule has 2 aromatic carbocycles. The van der Waals surface area contributed by atoms with E-state index in [0.29, 0.717) is 23.2 Å². The van der Waals surface area contributed by atoms with Gasteiger partial charge in [0.05, 0.1) is 5.25 Å². The normalized spacial score (nSPS) is 15.4. The van der Waals surface area contributed by atoms with Gasteiger partial charge in [-0.2, -0.15) is 0 Å². The fourth-order valence-electron chi connectivity index (χ4n) is 5.12. The van der Waals surface area contributed by atoms with Crippen molar-refractivity contribution >= 4 is 54.6 Å². The Bertz CT molecular complexity index is 1580. The summed E-state index contributed by atoms with van der Waals surface area (Å²) in [7, 11) is -3.26. The van der Waals surface area contributed by atoms with E-state index in [0.717, 1.165) is 58.3 Å². The Morgan fingerprint density at radius 2 is 1.89 bits per heavy atom. The molecule has 5 rings (SSSR count). The summed E-state index contributed by atoms with van der Waals surface area (Å²) in [6.45, 7) is 4.53. The molecule has 0 unspecified atom stereocenters. The SMILES string of the molecule is CC(C)S(=O)(=O)N1CCC(n2cc(-c3cccc(C(N)=S)c3)c3ccc(CCc4nnc(N)s4)cc32)CC1. The quantitative estimate of drug-likeness (QED) is 0.300. The van der Waals surface area contributed by atoms with Crippen molar-refractivity contribution in [2.75, 3.05) is 18.8 Å². The first-order chi connectivity index (χ1) is 18.1. The van der Waals surface area contributed by atoms with Gasteiger partial charge >= 0.3 is 0 Å². The van der Waals surface area contributed by atoms with E-state index in [-0.39, 0.29) is 6.04 Å². The molecule has 4 N–H and O–H groups in total. The van der Waals surface area contributed by atoms with E-state index < -0.39 is 15.3 Å². The topological polar surface area (TPSA) is 120 Å². The number of rotatable bonds is 8. The number of fused-ring (bicyclic) bond motifs is 1. The molecule has 1 saturated heterocycles. The zero-order valence-electron chi connectivity index (χ0n) is 21.5. The van der Waals surface area contributed by atoms with Crippen LogP contribution in [0.3, 0.4) is 0 Å². The van der Waals surface area contributed by atoms with Gasteiger partial charge in [0, 0.05) is 53.8 Å². The molecular weight excluding hydrogens is 537 g/mol. The first kappa shape index (κ1) is 26.7. The van der Waals surface area contributed by atoms with Crippen LogP contribution in [-0.4, -0.2) is 50.8 Å². The van der Waals surface area contributed by atoms with Crippen molar-refractivity contribution in [2.24, 2.45) is 5.73 Å². The lowest BCUT2D eigenvalue weighted by molar-refractivity contribution is 0.276. The van der Waals surface area contributed by atoms with Crippen LogP contribution in [0.2, 0.25) is 0 Å². The van der Waals surface area contributed by atoms with Gasteiger partial charge in [-0.3, -0.25) is 0 Å². The Morgan fingerprint density at radius 1 is 1.13 bits per heavy atom. The van der Waals surface area contributed by atoms with E-state index in [9.17, 15) is 8.42 Å². The summed E-state index contributed by atoms with van der Waals surface area (Å²) in [5.74, 6) is 0. The second-order valence-corrected chi connectivity index (χ2v) is 14.0.